The van der Waals surface area contributed by atoms with Crippen molar-refractivity contribution in [3.63, 3.8) is 0 Å². The maximum absolute atomic E-state index is 12.4. The Hall–Kier alpha value is -2.74. The van der Waals surface area contributed by atoms with E-state index in [-0.39, 0.29) is 11.7 Å². The van der Waals surface area contributed by atoms with Crippen molar-refractivity contribution in [3.8, 4) is 17.2 Å². The Labute approximate surface area is 161 Å². The summed E-state index contributed by atoms with van der Waals surface area (Å²) in [6.07, 6.45) is 1.57. The van der Waals surface area contributed by atoms with Crippen LogP contribution in [0.3, 0.4) is 0 Å². The average molecular weight is 387 g/mol. The first-order valence-corrected chi connectivity index (χ1v) is 9.52. The van der Waals surface area contributed by atoms with Gasteiger partial charge in [0, 0.05) is 13.6 Å². The molecule has 142 valence electrons. The quantitative estimate of drug-likeness (QED) is 0.544. The lowest BCUT2D eigenvalue weighted by atomic mass is 10.2. The molecule has 0 saturated heterocycles. The highest BCUT2D eigenvalue weighted by Gasteiger charge is 2.16. The molecule has 0 unspecified atom stereocenters. The summed E-state index contributed by atoms with van der Waals surface area (Å²) in [5.74, 6) is 2.12. The van der Waals surface area contributed by atoms with Crippen molar-refractivity contribution in [2.75, 3.05) is 19.4 Å². The zero-order valence-electron chi connectivity index (χ0n) is 15.5. The molecule has 0 saturated carbocycles. The van der Waals surface area contributed by atoms with E-state index in [4.69, 9.17) is 13.6 Å². The SMILES string of the molecule is CCOc1ccc(CN(C)C(=O)CSc2nnc(-c3ccoc3C)o2)cc1. The fourth-order valence-corrected chi connectivity index (χ4v) is 3.14. The molecule has 1 aromatic carbocycles. The monoisotopic (exact) mass is 387 g/mol. The number of aryl methyl sites for hydroxylation is 1. The molecule has 0 aliphatic carbocycles. The summed E-state index contributed by atoms with van der Waals surface area (Å²) in [6, 6.07) is 9.50. The topological polar surface area (TPSA) is 81.6 Å². The summed E-state index contributed by atoms with van der Waals surface area (Å²) >= 11 is 1.22. The largest absolute Gasteiger partial charge is 0.494 e. The summed E-state index contributed by atoms with van der Waals surface area (Å²) in [4.78, 5) is 14.0. The van der Waals surface area contributed by atoms with Gasteiger partial charge in [-0.3, -0.25) is 4.79 Å². The molecular weight excluding hydrogens is 366 g/mol. The van der Waals surface area contributed by atoms with Crippen LogP contribution >= 0.6 is 11.8 Å². The molecule has 0 aliphatic heterocycles. The van der Waals surface area contributed by atoms with Gasteiger partial charge in [0.25, 0.3) is 11.1 Å². The number of carbonyl (C=O) groups is 1. The molecule has 3 aromatic rings. The second-order valence-corrected chi connectivity index (χ2v) is 6.81. The van der Waals surface area contributed by atoms with Crippen LogP contribution in [0.1, 0.15) is 18.2 Å². The highest BCUT2D eigenvalue weighted by atomic mass is 32.2. The molecule has 0 spiro atoms. The van der Waals surface area contributed by atoms with E-state index in [9.17, 15) is 4.79 Å². The van der Waals surface area contributed by atoms with Gasteiger partial charge in [-0.2, -0.15) is 0 Å². The van der Waals surface area contributed by atoms with Crippen LogP contribution in [-0.2, 0) is 11.3 Å². The van der Waals surface area contributed by atoms with Gasteiger partial charge in [0.2, 0.25) is 5.91 Å². The predicted octanol–water partition coefficient (Wildman–Crippen LogP) is 3.79. The molecule has 0 atom stereocenters. The number of aromatic nitrogens is 2. The zero-order valence-corrected chi connectivity index (χ0v) is 16.3. The first-order valence-electron chi connectivity index (χ1n) is 8.53. The molecule has 0 bridgehead atoms. The third-order valence-corrected chi connectivity index (χ3v) is 4.70. The number of benzene rings is 1. The normalized spacial score (nSPS) is 10.8. The van der Waals surface area contributed by atoms with E-state index in [1.807, 2.05) is 38.1 Å². The Kier molecular flexibility index (Phi) is 6.18. The first-order chi connectivity index (χ1) is 13.1. The van der Waals surface area contributed by atoms with Crippen LogP contribution in [0.15, 0.2) is 50.7 Å². The van der Waals surface area contributed by atoms with Crippen LogP contribution in [-0.4, -0.2) is 40.4 Å². The number of nitrogens with zero attached hydrogens (tertiary/aromatic N) is 3. The maximum atomic E-state index is 12.4. The number of amides is 1. The molecule has 7 nitrogen and oxygen atoms in total. The van der Waals surface area contributed by atoms with Crippen molar-refractivity contribution in [3.05, 3.63) is 47.9 Å². The van der Waals surface area contributed by atoms with Crippen molar-refractivity contribution in [1.82, 2.24) is 15.1 Å². The van der Waals surface area contributed by atoms with Gasteiger partial charge in [0.1, 0.15) is 11.5 Å². The number of carbonyl (C=O) groups excluding carboxylic acids is 1. The van der Waals surface area contributed by atoms with Crippen LogP contribution < -0.4 is 4.74 Å². The molecule has 0 aliphatic rings. The third-order valence-electron chi connectivity index (χ3n) is 3.89. The Bertz CT molecular complexity index is 889. The molecule has 0 fully saturated rings. The van der Waals surface area contributed by atoms with Crippen LogP contribution in [0, 0.1) is 6.92 Å². The Morgan fingerprint density at radius 2 is 2.00 bits per heavy atom. The molecule has 1 amide bonds. The smallest absolute Gasteiger partial charge is 0.277 e. The van der Waals surface area contributed by atoms with Crippen LogP contribution in [0.4, 0.5) is 0 Å². The van der Waals surface area contributed by atoms with Gasteiger partial charge in [-0.1, -0.05) is 23.9 Å². The molecule has 0 radical (unpaired) electrons. The second-order valence-electron chi connectivity index (χ2n) is 5.88. The van der Waals surface area contributed by atoms with Gasteiger partial charge in [-0.05, 0) is 37.6 Å². The van der Waals surface area contributed by atoms with Crippen molar-refractivity contribution in [2.45, 2.75) is 25.6 Å². The molecule has 27 heavy (non-hydrogen) atoms. The average Bonchev–Trinajstić information content (AvgIpc) is 3.30. The minimum absolute atomic E-state index is 0.0203. The van der Waals surface area contributed by atoms with Gasteiger partial charge in [-0.25, -0.2) is 0 Å². The fraction of sp³-hybridized carbons (Fsp3) is 0.316. The maximum Gasteiger partial charge on any atom is 0.277 e. The molecule has 3 rings (SSSR count). The first kappa shape index (κ1) is 19.0. The van der Waals surface area contributed by atoms with E-state index in [1.165, 1.54) is 11.8 Å². The number of rotatable bonds is 8. The Morgan fingerprint density at radius 3 is 2.67 bits per heavy atom. The summed E-state index contributed by atoms with van der Waals surface area (Å²) in [5, 5.41) is 8.33. The van der Waals surface area contributed by atoms with Crippen molar-refractivity contribution < 1.29 is 18.4 Å². The highest BCUT2D eigenvalue weighted by Crippen LogP contribution is 2.26. The molecule has 8 heteroatoms. The molecule has 2 heterocycles. The van der Waals surface area contributed by atoms with Gasteiger partial charge >= 0.3 is 0 Å². The van der Waals surface area contributed by atoms with Crippen molar-refractivity contribution in [1.29, 1.82) is 0 Å². The van der Waals surface area contributed by atoms with Crippen LogP contribution in [0.5, 0.6) is 5.75 Å². The summed E-state index contributed by atoms with van der Waals surface area (Å²) in [5.41, 5.74) is 1.79. The minimum Gasteiger partial charge on any atom is -0.494 e. The highest BCUT2D eigenvalue weighted by molar-refractivity contribution is 7.99. The number of ether oxygens (including phenoxy) is 1. The lowest BCUT2D eigenvalue weighted by Gasteiger charge is -2.17. The summed E-state index contributed by atoms with van der Waals surface area (Å²) < 4.78 is 16.2. The lowest BCUT2D eigenvalue weighted by Crippen LogP contribution is -2.27. The summed E-state index contributed by atoms with van der Waals surface area (Å²) in [6.45, 7) is 4.92. The fourth-order valence-electron chi connectivity index (χ4n) is 2.44. The standard InChI is InChI=1S/C19H21N3O4S/c1-4-24-15-7-5-14(6-8-15)11-22(3)17(23)12-27-19-21-20-18(26-19)16-9-10-25-13(16)2/h5-10H,4,11-12H2,1-3H3. The van der Waals surface area contributed by atoms with Gasteiger partial charge in [-0.15, -0.1) is 10.2 Å². The Morgan fingerprint density at radius 1 is 1.22 bits per heavy atom. The second kappa shape index (κ2) is 8.77. The van der Waals surface area contributed by atoms with Crippen molar-refractivity contribution >= 4 is 17.7 Å². The van der Waals surface area contributed by atoms with E-state index in [0.717, 1.165) is 16.9 Å². The van der Waals surface area contributed by atoms with E-state index in [1.54, 1.807) is 24.3 Å². The zero-order chi connectivity index (χ0) is 19.2. The Balaban J connectivity index is 1.51. The predicted molar refractivity (Wildman–Crippen MR) is 102 cm³/mol. The molecular formula is C19H21N3O4S. The van der Waals surface area contributed by atoms with E-state index >= 15 is 0 Å². The van der Waals surface area contributed by atoms with Gasteiger partial charge < -0.3 is 18.5 Å². The van der Waals surface area contributed by atoms with E-state index in [0.29, 0.717) is 30.0 Å². The number of hydrogen-bond acceptors (Lipinski definition) is 7. The summed E-state index contributed by atoms with van der Waals surface area (Å²) in [7, 11) is 1.77. The van der Waals surface area contributed by atoms with Crippen LogP contribution in [0.25, 0.3) is 11.5 Å². The van der Waals surface area contributed by atoms with Gasteiger partial charge in [0.05, 0.1) is 24.2 Å². The van der Waals surface area contributed by atoms with E-state index < -0.39 is 0 Å². The minimum atomic E-state index is -0.0203. The van der Waals surface area contributed by atoms with Crippen molar-refractivity contribution in [2.24, 2.45) is 0 Å². The van der Waals surface area contributed by atoms with E-state index in [2.05, 4.69) is 10.2 Å². The third kappa shape index (κ3) is 4.91. The number of furan rings is 1. The number of hydrogen-bond donors (Lipinski definition) is 0. The molecule has 0 N–H and O–H groups in total. The lowest BCUT2D eigenvalue weighted by molar-refractivity contribution is -0.127. The molecule has 2 aromatic heterocycles. The van der Waals surface area contributed by atoms with Crippen LogP contribution in [0.2, 0.25) is 0 Å². The number of thioether (sulfide) groups is 1. The van der Waals surface area contributed by atoms with Gasteiger partial charge in [0.15, 0.2) is 0 Å².